The van der Waals surface area contributed by atoms with Crippen molar-refractivity contribution in [3.8, 4) is 22.8 Å². The highest BCUT2D eigenvalue weighted by Crippen LogP contribution is 2.55. The predicted octanol–water partition coefficient (Wildman–Crippen LogP) is 5.11. The monoisotopic (exact) mass is 669 g/mol. The van der Waals surface area contributed by atoms with Crippen LogP contribution in [0.2, 0.25) is 0 Å². The Balaban J connectivity index is 1.32. The Morgan fingerprint density at radius 2 is 2.04 bits per heavy atom. The normalized spacial score (nSPS) is 19.4. The number of methoxy groups -OCH3 is 1. The van der Waals surface area contributed by atoms with Gasteiger partial charge < -0.3 is 25.6 Å². The number of aromatic nitrogens is 3. The van der Waals surface area contributed by atoms with E-state index in [0.29, 0.717) is 20.3 Å². The van der Waals surface area contributed by atoms with Crippen molar-refractivity contribution in [3.05, 3.63) is 70.6 Å². The minimum Gasteiger partial charge on any atom is -0.494 e. The molecule has 5 aromatic rings. The fourth-order valence-corrected chi connectivity index (χ4v) is 6.97. The number of nitrogens with one attached hydrogen (secondary N) is 1. The van der Waals surface area contributed by atoms with Crippen molar-refractivity contribution in [1.29, 1.82) is 0 Å². The van der Waals surface area contributed by atoms with Gasteiger partial charge in [0, 0.05) is 39.0 Å². The van der Waals surface area contributed by atoms with Crippen LogP contribution in [0.1, 0.15) is 47.9 Å². The van der Waals surface area contributed by atoms with Crippen molar-refractivity contribution in [2.24, 2.45) is 5.73 Å². The molecule has 1 saturated carbocycles. The van der Waals surface area contributed by atoms with Gasteiger partial charge in [-0.1, -0.05) is 12.1 Å². The van der Waals surface area contributed by atoms with Gasteiger partial charge in [-0.3, -0.25) is 9.59 Å². The van der Waals surface area contributed by atoms with E-state index in [4.69, 9.17) is 15.2 Å². The van der Waals surface area contributed by atoms with Gasteiger partial charge in [0.25, 0.3) is 5.91 Å². The second-order valence-corrected chi connectivity index (χ2v) is 12.9. The van der Waals surface area contributed by atoms with E-state index in [-0.39, 0.29) is 64.4 Å². The summed E-state index contributed by atoms with van der Waals surface area (Å²) >= 11 is 1.12. The molecule has 1 aliphatic carbocycles. The maximum Gasteiger partial charge on any atom is 0.333 e. The van der Waals surface area contributed by atoms with Gasteiger partial charge in [0.15, 0.2) is 5.60 Å². The lowest BCUT2D eigenvalue weighted by atomic mass is 9.80. The summed E-state index contributed by atoms with van der Waals surface area (Å²) in [5.41, 5.74) is 0.574. The number of ether oxygens (including phenoxy) is 2. The lowest BCUT2D eigenvalue weighted by Gasteiger charge is -2.33. The molecule has 3 aromatic heterocycles. The zero-order valence-electron chi connectivity index (χ0n) is 24.9. The average Bonchev–Trinajstić information content (AvgIpc) is 3.36. The largest absolute Gasteiger partial charge is 0.494 e. The van der Waals surface area contributed by atoms with Gasteiger partial charge in [-0.05, 0) is 44.0 Å². The molecule has 4 heterocycles. The number of rotatable bonds is 9. The standard InChI is InChI=1S/C32H27F4N5O5S/c1-30(28(37)43)14-46-25-19(30)10-22(39-24(25)18-12-47-26-17(18)4-3-5-20(26)33)32(44,31(36)6-7-31)13-38-27(42)15-8-16-11-41(29(34)35)40-23(16)21(9-15)45-2/h3-5,8-12,29,44H,6-7,13-14H2,1-2H3,(H2,37,43)(H,38,42)/t30-,32?/m0/s1. The molecule has 4 N–H and O–H groups in total. The highest BCUT2D eigenvalue weighted by Gasteiger charge is 2.62. The summed E-state index contributed by atoms with van der Waals surface area (Å²) in [6, 6.07) is 8.52. The molecule has 47 heavy (non-hydrogen) atoms. The molecule has 10 nitrogen and oxygen atoms in total. The number of fused-ring (bicyclic) bond motifs is 3. The number of benzene rings is 2. The first-order chi connectivity index (χ1) is 22.3. The van der Waals surface area contributed by atoms with E-state index in [1.54, 1.807) is 18.4 Å². The summed E-state index contributed by atoms with van der Waals surface area (Å²) in [6.45, 7) is -2.16. The van der Waals surface area contributed by atoms with E-state index in [9.17, 15) is 27.9 Å². The summed E-state index contributed by atoms with van der Waals surface area (Å²) in [7, 11) is 1.29. The first-order valence-corrected chi connectivity index (χ1v) is 15.4. The van der Waals surface area contributed by atoms with E-state index in [2.05, 4.69) is 15.4 Å². The topological polar surface area (TPSA) is 142 Å². The molecule has 0 radical (unpaired) electrons. The van der Waals surface area contributed by atoms with E-state index >= 15 is 4.39 Å². The molecule has 1 aliphatic heterocycles. The van der Waals surface area contributed by atoms with Crippen LogP contribution in [0.3, 0.4) is 0 Å². The van der Waals surface area contributed by atoms with Crippen molar-refractivity contribution in [3.63, 3.8) is 0 Å². The quantitative estimate of drug-likeness (QED) is 0.185. The number of thiophene rings is 1. The summed E-state index contributed by atoms with van der Waals surface area (Å²) in [5, 5.41) is 20.9. The number of primary amides is 1. The van der Waals surface area contributed by atoms with Gasteiger partial charge in [0.1, 0.15) is 46.2 Å². The van der Waals surface area contributed by atoms with Gasteiger partial charge in [0.2, 0.25) is 5.91 Å². The van der Waals surface area contributed by atoms with Crippen LogP contribution >= 0.6 is 11.3 Å². The number of nitrogens with two attached hydrogens (primary N) is 1. The van der Waals surface area contributed by atoms with Gasteiger partial charge in [-0.15, -0.1) is 11.3 Å². The summed E-state index contributed by atoms with van der Waals surface area (Å²) in [6.07, 6.45) is 0.969. The van der Waals surface area contributed by atoms with Gasteiger partial charge in [-0.2, -0.15) is 13.9 Å². The molecule has 2 amide bonds. The molecular weight excluding hydrogens is 642 g/mol. The first-order valence-electron chi connectivity index (χ1n) is 14.5. The smallest absolute Gasteiger partial charge is 0.333 e. The molecule has 1 unspecified atom stereocenters. The van der Waals surface area contributed by atoms with Crippen molar-refractivity contribution < 1.29 is 41.7 Å². The molecule has 7 rings (SSSR count). The maximum absolute atomic E-state index is 16.3. The Morgan fingerprint density at radius 3 is 2.72 bits per heavy atom. The Labute approximate surface area is 268 Å². The summed E-state index contributed by atoms with van der Waals surface area (Å²) in [4.78, 5) is 30.8. The number of amides is 2. The molecule has 2 aromatic carbocycles. The van der Waals surface area contributed by atoms with Gasteiger partial charge in [-0.25, -0.2) is 18.4 Å². The van der Waals surface area contributed by atoms with E-state index in [1.807, 2.05) is 0 Å². The molecule has 2 atom stereocenters. The highest BCUT2D eigenvalue weighted by atomic mass is 32.1. The van der Waals surface area contributed by atoms with Crippen LogP contribution in [-0.2, 0) is 15.8 Å². The van der Waals surface area contributed by atoms with Crippen molar-refractivity contribution in [1.82, 2.24) is 20.1 Å². The van der Waals surface area contributed by atoms with E-state index < -0.39 is 47.4 Å². The van der Waals surface area contributed by atoms with Crippen LogP contribution < -0.4 is 20.5 Å². The molecule has 0 bridgehead atoms. The number of carbonyl (C=O) groups is 2. The third-order valence-electron chi connectivity index (χ3n) is 9.06. The number of aliphatic hydroxyl groups is 1. The lowest BCUT2D eigenvalue weighted by Crippen LogP contribution is -2.49. The minimum absolute atomic E-state index is 0.0155. The molecule has 1 fully saturated rings. The number of hydrogen-bond acceptors (Lipinski definition) is 8. The fourth-order valence-electron chi connectivity index (χ4n) is 6.01. The van der Waals surface area contributed by atoms with Crippen molar-refractivity contribution in [2.45, 2.75) is 43.0 Å². The average molecular weight is 670 g/mol. The molecule has 244 valence electrons. The lowest BCUT2D eigenvalue weighted by molar-refractivity contribution is -0.123. The van der Waals surface area contributed by atoms with Crippen LogP contribution in [0.4, 0.5) is 17.6 Å². The van der Waals surface area contributed by atoms with Crippen LogP contribution in [0.15, 0.2) is 48.0 Å². The third kappa shape index (κ3) is 4.70. The number of pyridine rings is 1. The second kappa shape index (κ2) is 10.6. The van der Waals surface area contributed by atoms with Crippen LogP contribution in [0.5, 0.6) is 11.5 Å². The number of carbonyl (C=O) groups excluding carboxylic acids is 2. The zero-order chi connectivity index (χ0) is 33.5. The minimum atomic E-state index is -2.92. The predicted molar refractivity (Wildman–Crippen MR) is 164 cm³/mol. The van der Waals surface area contributed by atoms with Crippen molar-refractivity contribution >= 4 is 44.1 Å². The third-order valence-corrected chi connectivity index (χ3v) is 10.1. The Bertz CT molecular complexity index is 2110. The second-order valence-electron chi connectivity index (χ2n) is 12.0. The van der Waals surface area contributed by atoms with E-state index in [1.165, 1.54) is 37.4 Å². The highest BCUT2D eigenvalue weighted by molar-refractivity contribution is 7.17. The summed E-state index contributed by atoms with van der Waals surface area (Å²) in [5.74, 6) is -1.69. The van der Waals surface area contributed by atoms with Crippen molar-refractivity contribution in [2.75, 3.05) is 20.3 Å². The molecule has 0 saturated heterocycles. The van der Waals surface area contributed by atoms with Crippen LogP contribution in [0, 0.1) is 5.82 Å². The molecule has 0 spiro atoms. The molecule has 15 heteroatoms. The number of hydrogen-bond donors (Lipinski definition) is 3. The Hall–Kier alpha value is -4.76. The first kappa shape index (κ1) is 30.9. The van der Waals surface area contributed by atoms with Gasteiger partial charge in [0.05, 0.1) is 24.0 Å². The SMILES string of the molecule is COc1cc(C(=O)NCC(O)(c2cc3c(c(-c4csc5c(F)cccc45)n2)OC[C@]3(C)C(N)=O)C2(F)CC2)cc2cn(C(F)F)nc12. The fraction of sp³-hybridized carbons (Fsp3) is 0.312. The Kier molecular flexibility index (Phi) is 6.99. The van der Waals surface area contributed by atoms with E-state index in [0.717, 1.165) is 17.5 Å². The summed E-state index contributed by atoms with van der Waals surface area (Å²) < 4.78 is 69.5. The Morgan fingerprint density at radius 1 is 1.28 bits per heavy atom. The molecular formula is C32H27F4N5O5S. The zero-order valence-corrected chi connectivity index (χ0v) is 25.8. The number of alkyl halides is 3. The van der Waals surface area contributed by atoms with Crippen LogP contribution in [-0.4, -0.2) is 57.6 Å². The van der Waals surface area contributed by atoms with Gasteiger partial charge >= 0.3 is 6.55 Å². The molecule has 2 aliphatic rings. The maximum atomic E-state index is 16.3. The van der Waals surface area contributed by atoms with Crippen LogP contribution in [0.25, 0.3) is 32.2 Å². The number of halogens is 4. The number of nitrogens with zero attached hydrogens (tertiary/aromatic N) is 3.